The first kappa shape index (κ1) is 20.1. The van der Waals surface area contributed by atoms with Crippen LogP contribution in [0.2, 0.25) is 0 Å². The second-order valence-electron chi connectivity index (χ2n) is 8.04. The van der Waals surface area contributed by atoms with Gasteiger partial charge in [-0.3, -0.25) is 9.88 Å². The average molecular weight is 435 g/mol. The number of aromatic nitrogens is 5. The number of nitrogens with zero attached hydrogens (tertiary/aromatic N) is 6. The lowest BCUT2D eigenvalue weighted by Gasteiger charge is -2.31. The first-order valence-corrected chi connectivity index (χ1v) is 11.7. The van der Waals surface area contributed by atoms with Crippen molar-refractivity contribution in [2.45, 2.75) is 57.3 Å². The summed E-state index contributed by atoms with van der Waals surface area (Å²) in [5, 5.41) is 15.3. The van der Waals surface area contributed by atoms with Crippen molar-refractivity contribution in [3.63, 3.8) is 0 Å². The molecule has 1 atom stereocenters. The Labute approximate surface area is 185 Å². The fourth-order valence-electron chi connectivity index (χ4n) is 4.45. The van der Waals surface area contributed by atoms with Gasteiger partial charge in [0.1, 0.15) is 11.8 Å². The van der Waals surface area contributed by atoms with E-state index in [1.807, 2.05) is 24.4 Å². The monoisotopic (exact) mass is 434 g/mol. The molecule has 0 unspecified atom stereocenters. The lowest BCUT2D eigenvalue weighted by Crippen LogP contribution is -2.32. The van der Waals surface area contributed by atoms with Crippen molar-refractivity contribution in [2.24, 2.45) is 0 Å². The molecule has 0 N–H and O–H groups in total. The Balaban J connectivity index is 1.55. The predicted octanol–water partition coefficient (Wildman–Crippen LogP) is 5.02. The third kappa shape index (κ3) is 4.60. The Morgan fingerprint density at radius 1 is 1.10 bits per heavy atom. The summed E-state index contributed by atoms with van der Waals surface area (Å²) in [6.07, 6.45) is 11.5. The largest absolute Gasteiger partial charge is 0.468 e. The molecule has 1 fully saturated rings. The molecule has 0 spiro atoms. The zero-order valence-corrected chi connectivity index (χ0v) is 18.2. The molecular formula is C23H26N6OS. The fraction of sp³-hybridized carbons (Fsp3) is 0.391. The smallest absolute Gasteiger partial charge is 0.174 e. The molecule has 4 heterocycles. The molecule has 160 valence electrons. The van der Waals surface area contributed by atoms with Gasteiger partial charge in [0, 0.05) is 23.8 Å². The molecule has 5 rings (SSSR count). The maximum atomic E-state index is 5.72. The van der Waals surface area contributed by atoms with E-state index in [2.05, 4.69) is 53.7 Å². The highest BCUT2D eigenvalue weighted by Crippen LogP contribution is 2.36. The standard InChI is InChI=1S/C23H26N6OS/c1-2-8-19(9-3-1)29-23(25-26-27-29)22(21-11-6-14-31-21)28(17-20-10-5-13-30-20)16-18-7-4-12-24-15-18/h4-7,10-15,19,22H,1-3,8-9,16-17H2/t22-/m1/s1. The molecule has 0 aromatic carbocycles. The van der Waals surface area contributed by atoms with Gasteiger partial charge in [-0.2, -0.15) is 0 Å². The van der Waals surface area contributed by atoms with Crippen molar-refractivity contribution in [3.05, 3.63) is 82.5 Å². The molecule has 4 aromatic heterocycles. The molecule has 31 heavy (non-hydrogen) atoms. The lowest BCUT2D eigenvalue weighted by molar-refractivity contribution is 0.176. The van der Waals surface area contributed by atoms with Crippen LogP contribution in [0.5, 0.6) is 0 Å². The lowest BCUT2D eigenvalue weighted by atomic mass is 9.95. The van der Waals surface area contributed by atoms with Gasteiger partial charge in [-0.05, 0) is 58.5 Å². The third-order valence-corrected chi connectivity index (χ3v) is 6.83. The fourth-order valence-corrected chi connectivity index (χ4v) is 5.31. The van der Waals surface area contributed by atoms with Gasteiger partial charge in [0.25, 0.3) is 0 Å². The molecule has 0 aliphatic heterocycles. The average Bonchev–Trinajstić information content (AvgIpc) is 3.59. The molecule has 1 aliphatic carbocycles. The topological polar surface area (TPSA) is 72.9 Å². The third-order valence-electron chi connectivity index (χ3n) is 5.91. The normalized spacial score (nSPS) is 16.0. The molecule has 0 saturated heterocycles. The molecular weight excluding hydrogens is 408 g/mol. The number of furan rings is 1. The number of hydrogen-bond donors (Lipinski definition) is 0. The second kappa shape index (κ2) is 9.53. The zero-order valence-electron chi connectivity index (χ0n) is 17.4. The summed E-state index contributed by atoms with van der Waals surface area (Å²) < 4.78 is 7.81. The van der Waals surface area contributed by atoms with Crippen molar-refractivity contribution in [1.82, 2.24) is 30.1 Å². The minimum absolute atomic E-state index is 0.0674. The summed E-state index contributed by atoms with van der Waals surface area (Å²) in [5.74, 6) is 1.83. The summed E-state index contributed by atoms with van der Waals surface area (Å²) in [5.41, 5.74) is 1.15. The second-order valence-corrected chi connectivity index (χ2v) is 9.02. The molecule has 0 radical (unpaired) electrons. The molecule has 8 heteroatoms. The van der Waals surface area contributed by atoms with E-state index in [-0.39, 0.29) is 6.04 Å². The Hall–Kier alpha value is -2.84. The van der Waals surface area contributed by atoms with Crippen LogP contribution in [-0.2, 0) is 13.1 Å². The van der Waals surface area contributed by atoms with Gasteiger partial charge in [0.2, 0.25) is 0 Å². The minimum atomic E-state index is -0.0674. The molecule has 0 bridgehead atoms. The molecule has 0 amide bonds. The summed E-state index contributed by atoms with van der Waals surface area (Å²) in [6, 6.07) is 12.6. The Morgan fingerprint density at radius 3 is 2.77 bits per heavy atom. The van der Waals surface area contributed by atoms with Crippen molar-refractivity contribution in [3.8, 4) is 0 Å². The number of hydrogen-bond acceptors (Lipinski definition) is 7. The predicted molar refractivity (Wildman–Crippen MR) is 118 cm³/mol. The Kier molecular flexibility index (Phi) is 6.18. The highest BCUT2D eigenvalue weighted by molar-refractivity contribution is 7.10. The van der Waals surface area contributed by atoms with E-state index in [1.54, 1.807) is 23.8 Å². The molecule has 7 nitrogen and oxygen atoms in total. The van der Waals surface area contributed by atoms with Crippen LogP contribution >= 0.6 is 11.3 Å². The van der Waals surface area contributed by atoms with Gasteiger partial charge in [-0.15, -0.1) is 16.4 Å². The van der Waals surface area contributed by atoms with Gasteiger partial charge < -0.3 is 4.42 Å². The molecule has 1 aliphatic rings. The number of thiophene rings is 1. The van der Waals surface area contributed by atoms with Crippen LogP contribution in [0.25, 0.3) is 0 Å². The maximum absolute atomic E-state index is 5.72. The van der Waals surface area contributed by atoms with E-state index in [1.165, 1.54) is 24.1 Å². The van der Waals surface area contributed by atoms with Crippen LogP contribution in [0, 0.1) is 0 Å². The zero-order chi connectivity index (χ0) is 20.9. The van der Waals surface area contributed by atoms with Crippen LogP contribution in [-0.4, -0.2) is 30.1 Å². The van der Waals surface area contributed by atoms with E-state index in [0.717, 1.165) is 30.0 Å². The van der Waals surface area contributed by atoms with Gasteiger partial charge in [-0.25, -0.2) is 4.68 Å². The highest BCUT2D eigenvalue weighted by Gasteiger charge is 2.32. The van der Waals surface area contributed by atoms with Gasteiger partial charge in [0.15, 0.2) is 5.82 Å². The maximum Gasteiger partial charge on any atom is 0.174 e. The molecule has 4 aromatic rings. The minimum Gasteiger partial charge on any atom is -0.468 e. The summed E-state index contributed by atoms with van der Waals surface area (Å²) in [7, 11) is 0. The van der Waals surface area contributed by atoms with Gasteiger partial charge >= 0.3 is 0 Å². The van der Waals surface area contributed by atoms with Crippen molar-refractivity contribution >= 4 is 11.3 Å². The van der Waals surface area contributed by atoms with E-state index in [0.29, 0.717) is 19.1 Å². The molecule has 1 saturated carbocycles. The van der Waals surface area contributed by atoms with E-state index in [4.69, 9.17) is 4.42 Å². The Bertz CT molecular complexity index is 1040. The van der Waals surface area contributed by atoms with Gasteiger partial charge in [0.05, 0.1) is 18.8 Å². The van der Waals surface area contributed by atoms with Crippen LogP contribution < -0.4 is 0 Å². The quantitative estimate of drug-likeness (QED) is 0.388. The first-order chi connectivity index (χ1) is 15.4. The van der Waals surface area contributed by atoms with Crippen LogP contribution in [0.1, 0.15) is 66.2 Å². The van der Waals surface area contributed by atoms with Crippen molar-refractivity contribution in [2.75, 3.05) is 0 Å². The van der Waals surface area contributed by atoms with Gasteiger partial charge in [-0.1, -0.05) is 31.4 Å². The Morgan fingerprint density at radius 2 is 2.03 bits per heavy atom. The first-order valence-electron chi connectivity index (χ1n) is 10.8. The van der Waals surface area contributed by atoms with Crippen molar-refractivity contribution in [1.29, 1.82) is 0 Å². The van der Waals surface area contributed by atoms with E-state index >= 15 is 0 Å². The SMILES string of the molecule is c1cncc(CN(Cc2ccco2)[C@H](c2cccs2)c2nnnn2C2CCCCC2)c1. The van der Waals surface area contributed by atoms with E-state index in [9.17, 15) is 0 Å². The van der Waals surface area contributed by atoms with Crippen LogP contribution in [0.4, 0.5) is 0 Å². The van der Waals surface area contributed by atoms with Crippen LogP contribution in [0.3, 0.4) is 0 Å². The summed E-state index contributed by atoms with van der Waals surface area (Å²) >= 11 is 1.74. The van der Waals surface area contributed by atoms with Crippen LogP contribution in [0.15, 0.2) is 64.9 Å². The summed E-state index contributed by atoms with van der Waals surface area (Å²) in [6.45, 7) is 1.37. The number of pyridine rings is 1. The van der Waals surface area contributed by atoms with Crippen molar-refractivity contribution < 1.29 is 4.42 Å². The number of rotatable bonds is 8. The summed E-state index contributed by atoms with van der Waals surface area (Å²) in [4.78, 5) is 7.92. The number of tetrazole rings is 1. The highest BCUT2D eigenvalue weighted by atomic mass is 32.1. The van der Waals surface area contributed by atoms with E-state index < -0.39 is 0 Å².